The third kappa shape index (κ3) is 9.09. The predicted octanol–water partition coefficient (Wildman–Crippen LogP) is 9.52. The van der Waals surface area contributed by atoms with E-state index in [1.807, 2.05) is 54.6 Å². The molecule has 4 aromatic rings. The van der Waals surface area contributed by atoms with Gasteiger partial charge in [-0.05, 0) is 68.7 Å². The van der Waals surface area contributed by atoms with E-state index in [4.69, 9.17) is 18.6 Å². The number of alkyl halides is 3. The Morgan fingerprint density at radius 1 is 0.957 bits per heavy atom. The van der Waals surface area contributed by atoms with Crippen LogP contribution in [0.5, 0.6) is 5.75 Å². The lowest BCUT2D eigenvalue weighted by molar-refractivity contribution is -0.153. The van der Waals surface area contributed by atoms with Gasteiger partial charge in [-0.3, -0.25) is 0 Å². The summed E-state index contributed by atoms with van der Waals surface area (Å²) in [6, 6.07) is 19.2. The van der Waals surface area contributed by atoms with Crippen LogP contribution in [0.1, 0.15) is 64.3 Å². The number of esters is 1. The fourth-order valence-electron chi connectivity index (χ4n) is 4.08. The topological polar surface area (TPSA) is 86.5 Å². The van der Waals surface area contributed by atoms with Gasteiger partial charge in [0.25, 0.3) is 0 Å². The van der Waals surface area contributed by atoms with Crippen molar-refractivity contribution in [3.05, 3.63) is 101 Å². The van der Waals surface area contributed by atoms with Crippen molar-refractivity contribution in [1.29, 1.82) is 0 Å². The molecule has 0 saturated heterocycles. The monoisotopic (exact) mass is 651 g/mol. The Labute approximate surface area is 269 Å². The van der Waals surface area contributed by atoms with Crippen LogP contribution in [-0.2, 0) is 22.1 Å². The SMILES string of the molecule is CC(C)(C)OC(=O)/C(=C/c1ccc(C(F)(F)F)o1)Nc1ncc(-c2cccc(O[Si](C)(C)C(C)(C)C)c2)nc1Cc1ccccc1. The van der Waals surface area contributed by atoms with Crippen LogP contribution < -0.4 is 9.74 Å². The lowest BCUT2D eigenvalue weighted by atomic mass is 10.1. The summed E-state index contributed by atoms with van der Waals surface area (Å²) in [6.45, 7) is 16.0. The molecule has 0 aliphatic carbocycles. The molecule has 0 amide bonds. The molecule has 46 heavy (non-hydrogen) atoms. The molecule has 0 fully saturated rings. The van der Waals surface area contributed by atoms with Gasteiger partial charge in [-0.15, -0.1) is 0 Å². The minimum Gasteiger partial charge on any atom is -0.543 e. The first-order valence-corrected chi connectivity index (χ1v) is 17.8. The van der Waals surface area contributed by atoms with Crippen LogP contribution in [0.2, 0.25) is 18.1 Å². The van der Waals surface area contributed by atoms with Gasteiger partial charge >= 0.3 is 12.1 Å². The number of hydrogen-bond acceptors (Lipinski definition) is 7. The van der Waals surface area contributed by atoms with Gasteiger partial charge in [0.2, 0.25) is 14.1 Å². The van der Waals surface area contributed by atoms with Crippen molar-refractivity contribution in [3.63, 3.8) is 0 Å². The van der Waals surface area contributed by atoms with Gasteiger partial charge < -0.3 is 18.9 Å². The number of anilines is 1. The third-order valence-corrected chi connectivity index (χ3v) is 11.8. The van der Waals surface area contributed by atoms with E-state index >= 15 is 0 Å². The fourth-order valence-corrected chi connectivity index (χ4v) is 5.10. The Bertz CT molecular complexity index is 1700. The Kier molecular flexibility index (Phi) is 9.86. The van der Waals surface area contributed by atoms with Crippen LogP contribution in [0.3, 0.4) is 0 Å². The largest absolute Gasteiger partial charge is 0.543 e. The number of rotatable bonds is 9. The van der Waals surface area contributed by atoms with Crippen LogP contribution >= 0.6 is 0 Å². The van der Waals surface area contributed by atoms with Crippen LogP contribution in [-0.4, -0.2) is 29.9 Å². The number of ether oxygens (including phenoxy) is 1. The highest BCUT2D eigenvalue weighted by Crippen LogP contribution is 2.38. The summed E-state index contributed by atoms with van der Waals surface area (Å²) in [6.07, 6.45) is -1.59. The first-order chi connectivity index (χ1) is 21.3. The summed E-state index contributed by atoms with van der Waals surface area (Å²) >= 11 is 0. The summed E-state index contributed by atoms with van der Waals surface area (Å²) in [5.74, 6) is -1.20. The second-order valence-corrected chi connectivity index (χ2v) is 18.2. The summed E-state index contributed by atoms with van der Waals surface area (Å²) in [5, 5.41) is 2.99. The van der Waals surface area contributed by atoms with Crippen molar-refractivity contribution in [2.45, 2.75) is 77.9 Å². The second-order valence-electron chi connectivity index (χ2n) is 13.5. The highest BCUT2D eigenvalue weighted by Gasteiger charge is 2.39. The number of carbonyl (C=O) groups is 1. The molecule has 7 nitrogen and oxygen atoms in total. The number of halogens is 3. The van der Waals surface area contributed by atoms with Gasteiger partial charge in [-0.25, -0.2) is 14.8 Å². The van der Waals surface area contributed by atoms with Gasteiger partial charge in [0.1, 0.15) is 22.8 Å². The van der Waals surface area contributed by atoms with E-state index in [1.54, 1.807) is 27.0 Å². The molecule has 0 radical (unpaired) electrons. The summed E-state index contributed by atoms with van der Waals surface area (Å²) in [4.78, 5) is 22.8. The van der Waals surface area contributed by atoms with Gasteiger partial charge in [0.05, 0.1) is 17.6 Å². The molecule has 0 saturated carbocycles. The molecule has 244 valence electrons. The summed E-state index contributed by atoms with van der Waals surface area (Å²) < 4.78 is 56.7. The molecule has 11 heteroatoms. The average molecular weight is 652 g/mol. The molecule has 0 aliphatic rings. The molecule has 0 aliphatic heterocycles. The molecule has 0 spiro atoms. The number of carbonyl (C=O) groups excluding carboxylic acids is 1. The molecular formula is C35H40F3N3O4Si. The highest BCUT2D eigenvalue weighted by molar-refractivity contribution is 6.74. The fraction of sp³-hybridized carbons (Fsp3) is 0.343. The zero-order chi connectivity index (χ0) is 33.9. The van der Waals surface area contributed by atoms with E-state index in [2.05, 4.69) is 44.2 Å². The summed E-state index contributed by atoms with van der Waals surface area (Å²) in [5.41, 5.74) is 1.78. The number of benzene rings is 2. The first-order valence-electron chi connectivity index (χ1n) is 14.9. The number of nitrogens with one attached hydrogen (secondary N) is 1. The molecule has 0 unspecified atom stereocenters. The van der Waals surface area contributed by atoms with E-state index in [1.165, 1.54) is 0 Å². The van der Waals surface area contributed by atoms with Crippen molar-refractivity contribution >= 4 is 26.2 Å². The van der Waals surface area contributed by atoms with Crippen LogP contribution in [0.25, 0.3) is 17.3 Å². The van der Waals surface area contributed by atoms with Crippen molar-refractivity contribution in [2.75, 3.05) is 5.32 Å². The predicted molar refractivity (Wildman–Crippen MR) is 176 cm³/mol. The third-order valence-electron chi connectivity index (χ3n) is 7.43. The normalized spacial score (nSPS) is 13.0. The minimum absolute atomic E-state index is 0.0162. The number of nitrogens with zero attached hydrogens (tertiary/aromatic N) is 2. The van der Waals surface area contributed by atoms with E-state index in [0.29, 0.717) is 17.8 Å². The Balaban J connectivity index is 1.76. The van der Waals surface area contributed by atoms with Crippen molar-refractivity contribution in [2.24, 2.45) is 0 Å². The maximum absolute atomic E-state index is 13.3. The van der Waals surface area contributed by atoms with Crippen molar-refractivity contribution < 1.29 is 31.5 Å². The lowest BCUT2D eigenvalue weighted by Crippen LogP contribution is -2.43. The number of furan rings is 1. The zero-order valence-electron chi connectivity index (χ0n) is 27.4. The van der Waals surface area contributed by atoms with E-state index in [9.17, 15) is 18.0 Å². The first kappa shape index (κ1) is 34.5. The Hall–Kier alpha value is -4.38. The molecule has 4 rings (SSSR count). The number of hydrogen-bond donors (Lipinski definition) is 1. The quantitative estimate of drug-likeness (QED) is 0.110. The molecule has 2 heterocycles. The molecular weight excluding hydrogens is 611 g/mol. The lowest BCUT2D eigenvalue weighted by Gasteiger charge is -2.36. The van der Waals surface area contributed by atoms with E-state index < -0.39 is 31.8 Å². The second kappa shape index (κ2) is 13.2. The van der Waals surface area contributed by atoms with Crippen molar-refractivity contribution in [1.82, 2.24) is 9.97 Å². The van der Waals surface area contributed by atoms with Crippen molar-refractivity contribution in [3.8, 4) is 17.0 Å². The zero-order valence-corrected chi connectivity index (χ0v) is 28.4. The van der Waals surface area contributed by atoms with E-state index in [-0.39, 0.29) is 22.3 Å². The smallest absolute Gasteiger partial charge is 0.449 e. The summed E-state index contributed by atoms with van der Waals surface area (Å²) in [7, 11) is -2.09. The highest BCUT2D eigenvalue weighted by atomic mass is 28.4. The van der Waals surface area contributed by atoms with E-state index in [0.717, 1.165) is 35.1 Å². The van der Waals surface area contributed by atoms with Gasteiger partial charge in [-0.2, -0.15) is 13.2 Å². The standard InChI is InChI=1S/C35H40F3N3O4Si/c1-33(2,3)44-32(42)28(21-25-17-18-30(43-25)35(36,37)38)41-31-27(19-23-13-10-9-11-14-23)40-29(22-39-31)24-15-12-16-26(20-24)45-46(7,8)34(4,5)6/h9-18,20-22H,19H2,1-8H3,(H,39,41)/b28-21-. The van der Waals surface area contributed by atoms with Crippen LogP contribution in [0.4, 0.5) is 19.0 Å². The van der Waals surface area contributed by atoms with Crippen LogP contribution in [0, 0.1) is 0 Å². The number of aromatic nitrogens is 2. The van der Waals surface area contributed by atoms with Gasteiger partial charge in [0.15, 0.2) is 5.82 Å². The van der Waals surface area contributed by atoms with Gasteiger partial charge in [-0.1, -0.05) is 63.2 Å². The molecule has 2 aromatic carbocycles. The minimum atomic E-state index is -4.68. The van der Waals surface area contributed by atoms with Crippen LogP contribution in [0.15, 0.2) is 83.0 Å². The molecule has 2 aromatic heterocycles. The average Bonchev–Trinajstić information content (AvgIpc) is 3.42. The van der Waals surface area contributed by atoms with Gasteiger partial charge in [0, 0.05) is 18.1 Å². The maximum Gasteiger partial charge on any atom is 0.449 e. The molecule has 0 atom stereocenters. The Morgan fingerprint density at radius 3 is 2.26 bits per heavy atom. The molecule has 0 bridgehead atoms. The molecule has 1 N–H and O–H groups in total. The maximum atomic E-state index is 13.3. The Morgan fingerprint density at radius 2 is 1.65 bits per heavy atom.